The summed E-state index contributed by atoms with van der Waals surface area (Å²) in [4.78, 5) is 5.26. The zero-order chi connectivity index (χ0) is 46.2. The number of para-hydroxylation sites is 2. The van der Waals surface area contributed by atoms with Gasteiger partial charge in [-0.3, -0.25) is 0 Å². The molecule has 0 aromatic heterocycles. The van der Waals surface area contributed by atoms with Crippen LogP contribution in [0.2, 0.25) is 0 Å². The van der Waals surface area contributed by atoms with E-state index < -0.39 is 5.41 Å². The van der Waals surface area contributed by atoms with Gasteiger partial charge < -0.3 is 9.80 Å². The molecule has 2 nitrogen and oxygen atoms in total. The molecular weight excluding hydrogens is 832 g/mol. The lowest BCUT2D eigenvalue weighted by Crippen LogP contribution is -2.61. The maximum absolute atomic E-state index is 2.66. The number of rotatable bonds is 4. The molecule has 2 aliphatic heterocycles. The van der Waals surface area contributed by atoms with Gasteiger partial charge in [0.1, 0.15) is 0 Å². The molecular formula is C66H49BN2. The van der Waals surface area contributed by atoms with Crippen LogP contribution in [-0.2, 0) is 10.8 Å². The minimum atomic E-state index is -0.489. The van der Waals surface area contributed by atoms with E-state index in [1.54, 1.807) is 0 Å². The second-order valence-electron chi connectivity index (χ2n) is 20.5. The topological polar surface area (TPSA) is 6.48 Å². The van der Waals surface area contributed by atoms with Gasteiger partial charge in [-0.1, -0.05) is 209 Å². The first kappa shape index (κ1) is 40.0. The van der Waals surface area contributed by atoms with E-state index in [0.29, 0.717) is 0 Å². The summed E-state index contributed by atoms with van der Waals surface area (Å²) in [6.45, 7) is 9.29. The quantitative estimate of drug-likeness (QED) is 0.163. The highest BCUT2D eigenvalue weighted by Crippen LogP contribution is 2.64. The molecule has 10 aromatic rings. The fraction of sp³-hybridized carbons (Fsp3) is 0.0909. The van der Waals surface area contributed by atoms with Crippen LogP contribution in [0.4, 0.5) is 34.1 Å². The summed E-state index contributed by atoms with van der Waals surface area (Å²) in [5.41, 5.74) is 28.6. The summed E-state index contributed by atoms with van der Waals surface area (Å²) >= 11 is 0. The molecule has 14 rings (SSSR count). The first-order valence-electron chi connectivity index (χ1n) is 24.5. The predicted octanol–water partition coefficient (Wildman–Crippen LogP) is 15.1. The van der Waals surface area contributed by atoms with Gasteiger partial charge in [-0.2, -0.15) is 0 Å². The third kappa shape index (κ3) is 5.56. The number of benzene rings is 10. The van der Waals surface area contributed by atoms with Crippen LogP contribution in [0.1, 0.15) is 54.2 Å². The lowest BCUT2D eigenvalue weighted by Gasteiger charge is -2.46. The van der Waals surface area contributed by atoms with Crippen molar-refractivity contribution in [3.8, 4) is 44.5 Å². The largest absolute Gasteiger partial charge is 0.311 e. The molecule has 4 aliphatic rings. The van der Waals surface area contributed by atoms with Crippen molar-refractivity contribution in [1.82, 2.24) is 0 Å². The molecule has 0 saturated carbocycles. The van der Waals surface area contributed by atoms with E-state index in [1.165, 1.54) is 128 Å². The van der Waals surface area contributed by atoms with Crippen LogP contribution in [0, 0.1) is 6.92 Å². The molecule has 0 N–H and O–H groups in total. The van der Waals surface area contributed by atoms with E-state index in [9.17, 15) is 0 Å². The molecule has 0 saturated heterocycles. The van der Waals surface area contributed by atoms with Crippen molar-refractivity contribution < 1.29 is 0 Å². The summed E-state index contributed by atoms with van der Waals surface area (Å²) in [5.74, 6) is 0. The molecule has 2 aliphatic carbocycles. The Balaban J connectivity index is 1.14. The maximum Gasteiger partial charge on any atom is 0.252 e. The molecule has 69 heavy (non-hydrogen) atoms. The second kappa shape index (κ2) is 14.7. The standard InChI is InChI=1S/C66H49BN2/c1-42-35-36-56-60(37-42)68(58-33-19-14-25-46(58)43-21-7-5-8-22-43)62-38-45(65(2,3)4)39-63-64(62)67(56)57-40-51-50-29-13-18-32-54(50)66(52-30-16-11-27-48(52)49-28-12-17-31-53(49)66)55(51)41-61(57)69(63)59-34-20-15-26-47(59)44-23-9-6-10-24-44/h5-41H,1-4H3. The van der Waals surface area contributed by atoms with Crippen LogP contribution in [0.3, 0.4) is 0 Å². The number of aryl methyl sites for hydroxylation is 1. The van der Waals surface area contributed by atoms with Crippen molar-refractivity contribution in [3.05, 3.63) is 258 Å². The van der Waals surface area contributed by atoms with E-state index in [2.05, 4.69) is 262 Å². The molecule has 0 unspecified atom stereocenters. The molecule has 326 valence electrons. The Morgan fingerprint density at radius 3 is 1.29 bits per heavy atom. The zero-order valence-electron chi connectivity index (χ0n) is 39.3. The lowest BCUT2D eigenvalue weighted by atomic mass is 9.33. The normalized spacial score (nSPS) is 14.1. The minimum absolute atomic E-state index is 0.0490. The molecule has 0 amide bonds. The molecule has 2 heterocycles. The van der Waals surface area contributed by atoms with Crippen LogP contribution in [-0.4, -0.2) is 6.71 Å². The van der Waals surface area contributed by atoms with Crippen molar-refractivity contribution in [1.29, 1.82) is 0 Å². The van der Waals surface area contributed by atoms with Gasteiger partial charge in [-0.15, -0.1) is 0 Å². The van der Waals surface area contributed by atoms with Gasteiger partial charge in [0.15, 0.2) is 0 Å². The zero-order valence-corrected chi connectivity index (χ0v) is 39.3. The summed E-state index contributed by atoms with van der Waals surface area (Å²) < 4.78 is 0. The van der Waals surface area contributed by atoms with Crippen LogP contribution < -0.4 is 26.2 Å². The van der Waals surface area contributed by atoms with E-state index in [0.717, 1.165) is 0 Å². The lowest BCUT2D eigenvalue weighted by molar-refractivity contribution is 0.590. The molecule has 10 aromatic carbocycles. The fourth-order valence-corrected chi connectivity index (χ4v) is 12.7. The number of nitrogens with zero attached hydrogens (tertiary/aromatic N) is 2. The Hall–Kier alpha value is -8.14. The average Bonchev–Trinajstić information content (AvgIpc) is 3.85. The fourth-order valence-electron chi connectivity index (χ4n) is 12.7. The second-order valence-corrected chi connectivity index (χ2v) is 20.5. The van der Waals surface area contributed by atoms with Gasteiger partial charge in [0.05, 0.1) is 16.8 Å². The van der Waals surface area contributed by atoms with E-state index >= 15 is 0 Å². The van der Waals surface area contributed by atoms with Gasteiger partial charge in [0.2, 0.25) is 0 Å². The number of fused-ring (bicyclic) bond motifs is 14. The summed E-state index contributed by atoms with van der Waals surface area (Å²) in [7, 11) is 0. The SMILES string of the molecule is Cc1ccc2c(c1)N(c1ccccc1-c1ccccc1)c1cc(C(C)(C)C)cc3c1B2c1cc2c(cc1N3c1ccccc1-c1ccccc1)C1(c3ccccc3-c3ccccc31)c1ccccc1-2. The summed E-state index contributed by atoms with van der Waals surface area (Å²) in [6.07, 6.45) is 0. The molecule has 1 spiro atoms. The number of anilines is 6. The Bertz CT molecular complexity index is 3700. The highest BCUT2D eigenvalue weighted by atomic mass is 15.2. The average molecular weight is 881 g/mol. The molecule has 0 atom stereocenters. The first-order chi connectivity index (χ1) is 33.8. The van der Waals surface area contributed by atoms with E-state index in [4.69, 9.17) is 0 Å². The molecule has 0 fully saturated rings. The Kier molecular flexibility index (Phi) is 8.51. The highest BCUT2D eigenvalue weighted by molar-refractivity contribution is 7.00. The van der Waals surface area contributed by atoms with Crippen LogP contribution >= 0.6 is 0 Å². The maximum atomic E-state index is 2.66. The summed E-state index contributed by atoms with van der Waals surface area (Å²) in [5, 5.41) is 0. The Labute approximate surface area is 405 Å². The van der Waals surface area contributed by atoms with E-state index in [1.807, 2.05) is 0 Å². The first-order valence-corrected chi connectivity index (χ1v) is 24.5. The van der Waals surface area contributed by atoms with Crippen molar-refractivity contribution in [2.75, 3.05) is 9.80 Å². The molecule has 0 radical (unpaired) electrons. The van der Waals surface area contributed by atoms with Crippen molar-refractivity contribution in [2.24, 2.45) is 0 Å². The van der Waals surface area contributed by atoms with Crippen molar-refractivity contribution in [3.63, 3.8) is 0 Å². The number of hydrogen-bond acceptors (Lipinski definition) is 2. The van der Waals surface area contributed by atoms with Crippen molar-refractivity contribution in [2.45, 2.75) is 38.5 Å². The van der Waals surface area contributed by atoms with Crippen LogP contribution in [0.25, 0.3) is 44.5 Å². The third-order valence-corrected chi connectivity index (χ3v) is 15.7. The third-order valence-electron chi connectivity index (χ3n) is 15.7. The van der Waals surface area contributed by atoms with E-state index in [-0.39, 0.29) is 12.1 Å². The van der Waals surface area contributed by atoms with Crippen LogP contribution in [0.5, 0.6) is 0 Å². The van der Waals surface area contributed by atoms with Gasteiger partial charge >= 0.3 is 0 Å². The number of hydrogen-bond donors (Lipinski definition) is 0. The molecule has 0 bridgehead atoms. The monoisotopic (exact) mass is 880 g/mol. The van der Waals surface area contributed by atoms with Gasteiger partial charge in [0, 0.05) is 33.9 Å². The minimum Gasteiger partial charge on any atom is -0.311 e. The Morgan fingerprint density at radius 2 is 0.783 bits per heavy atom. The van der Waals surface area contributed by atoms with Crippen molar-refractivity contribution >= 4 is 57.2 Å². The van der Waals surface area contributed by atoms with Gasteiger partial charge in [-0.05, 0) is 132 Å². The highest BCUT2D eigenvalue weighted by Gasteiger charge is 2.53. The summed E-state index contributed by atoms with van der Waals surface area (Å²) in [6, 6.07) is 85.0. The Morgan fingerprint density at radius 1 is 0.348 bits per heavy atom. The van der Waals surface area contributed by atoms with Gasteiger partial charge in [-0.25, -0.2) is 0 Å². The van der Waals surface area contributed by atoms with Gasteiger partial charge in [0.25, 0.3) is 6.71 Å². The molecule has 3 heteroatoms. The predicted molar refractivity (Wildman–Crippen MR) is 291 cm³/mol. The smallest absolute Gasteiger partial charge is 0.252 e. The van der Waals surface area contributed by atoms with Crippen LogP contribution in [0.15, 0.2) is 224 Å².